The Morgan fingerprint density at radius 2 is 1.94 bits per heavy atom. The third-order valence-corrected chi connectivity index (χ3v) is 10.2. The molecule has 3 aliphatic rings. The molecule has 4 rings (SSSR count). The first-order valence-corrected chi connectivity index (χ1v) is 12.3. The Balaban J connectivity index is 1.73. The van der Waals surface area contributed by atoms with Crippen LogP contribution in [-0.2, 0) is 22.4 Å². The van der Waals surface area contributed by atoms with Gasteiger partial charge in [0, 0.05) is 23.4 Å². The van der Waals surface area contributed by atoms with Crippen LogP contribution in [0.1, 0.15) is 64.5 Å². The standard InChI is InChI=1S/C25H35BrO5/c1-23(2)19-6-9-25(4)20(24(19,3)8-7-21(23)26)12-15-10-17(30-14-29-5)16(13-22(27)28)11-18(15)31-25/h10-11,19-21H,6-9,12-14H2,1-5H3,(H,27,28)/t19-,20-,21-,24-,25+/m0/s1. The number of carbonyl (C=O) groups is 1. The van der Waals surface area contributed by atoms with Crippen molar-refractivity contribution in [2.75, 3.05) is 13.9 Å². The molecule has 0 amide bonds. The van der Waals surface area contributed by atoms with Crippen molar-refractivity contribution in [2.45, 2.75) is 76.6 Å². The highest BCUT2D eigenvalue weighted by molar-refractivity contribution is 9.09. The minimum absolute atomic E-state index is 0.0913. The molecule has 0 saturated heterocycles. The Labute approximate surface area is 194 Å². The number of carboxylic acids is 1. The lowest BCUT2D eigenvalue weighted by molar-refractivity contribution is -0.160. The highest BCUT2D eigenvalue weighted by atomic mass is 79.9. The van der Waals surface area contributed by atoms with Crippen LogP contribution in [0, 0.1) is 22.7 Å². The van der Waals surface area contributed by atoms with E-state index < -0.39 is 5.97 Å². The number of fused-ring (bicyclic) bond motifs is 4. The number of benzene rings is 1. The van der Waals surface area contributed by atoms with E-state index in [1.165, 1.54) is 12.8 Å². The van der Waals surface area contributed by atoms with Crippen LogP contribution in [0.5, 0.6) is 11.5 Å². The zero-order chi connectivity index (χ0) is 22.6. The van der Waals surface area contributed by atoms with Gasteiger partial charge in [-0.05, 0) is 73.5 Å². The van der Waals surface area contributed by atoms with Gasteiger partial charge in [0.25, 0.3) is 0 Å². The number of hydrogen-bond donors (Lipinski definition) is 1. The van der Waals surface area contributed by atoms with Gasteiger partial charge in [-0.25, -0.2) is 0 Å². The van der Waals surface area contributed by atoms with E-state index in [4.69, 9.17) is 14.2 Å². The molecule has 31 heavy (non-hydrogen) atoms. The van der Waals surface area contributed by atoms with Crippen LogP contribution in [0.15, 0.2) is 12.1 Å². The van der Waals surface area contributed by atoms with E-state index >= 15 is 0 Å². The SMILES string of the molecule is COCOc1cc2c(cc1CC(=O)O)O[C@]1(C)CC[C@H]3C(C)(C)[C@@H](Br)CC[C@]3(C)[C@@H]1C2. The van der Waals surface area contributed by atoms with Crippen molar-refractivity contribution in [3.63, 3.8) is 0 Å². The Morgan fingerprint density at radius 3 is 2.61 bits per heavy atom. The summed E-state index contributed by atoms with van der Waals surface area (Å²) in [5.74, 6) is 1.55. The molecule has 0 radical (unpaired) electrons. The molecule has 1 aromatic rings. The molecule has 0 aromatic heterocycles. The quantitative estimate of drug-likeness (QED) is 0.425. The Hall–Kier alpha value is -1.27. The predicted octanol–water partition coefficient (Wildman–Crippen LogP) is 5.61. The van der Waals surface area contributed by atoms with Crippen molar-refractivity contribution in [3.05, 3.63) is 23.3 Å². The Morgan fingerprint density at radius 1 is 1.19 bits per heavy atom. The van der Waals surface area contributed by atoms with Gasteiger partial charge in [-0.2, -0.15) is 0 Å². The molecule has 1 heterocycles. The summed E-state index contributed by atoms with van der Waals surface area (Å²) in [5, 5.41) is 9.36. The molecule has 172 valence electrons. The average Bonchev–Trinajstić information content (AvgIpc) is 2.68. The summed E-state index contributed by atoms with van der Waals surface area (Å²) in [6.45, 7) is 9.68. The van der Waals surface area contributed by atoms with Gasteiger partial charge < -0.3 is 19.3 Å². The second kappa shape index (κ2) is 7.95. The van der Waals surface area contributed by atoms with E-state index in [9.17, 15) is 9.90 Å². The molecular weight excluding hydrogens is 460 g/mol. The normalized spacial score (nSPS) is 35.9. The number of rotatable bonds is 5. The number of carboxylic acid groups (broad SMARTS) is 1. The van der Waals surface area contributed by atoms with Crippen molar-refractivity contribution in [1.29, 1.82) is 0 Å². The van der Waals surface area contributed by atoms with Crippen LogP contribution in [-0.4, -0.2) is 35.4 Å². The fraction of sp³-hybridized carbons (Fsp3) is 0.720. The summed E-state index contributed by atoms with van der Waals surface area (Å²) in [6.07, 6.45) is 5.38. The zero-order valence-electron chi connectivity index (χ0n) is 19.3. The van der Waals surface area contributed by atoms with E-state index in [0.717, 1.165) is 30.6 Å². The van der Waals surface area contributed by atoms with Gasteiger partial charge in [0.05, 0.1) is 6.42 Å². The van der Waals surface area contributed by atoms with Crippen LogP contribution in [0.4, 0.5) is 0 Å². The lowest BCUT2D eigenvalue weighted by atomic mass is 9.44. The Bertz CT molecular complexity index is 868. The molecule has 0 bridgehead atoms. The maximum absolute atomic E-state index is 11.4. The fourth-order valence-electron chi connectivity index (χ4n) is 6.97. The van der Waals surface area contributed by atoms with Gasteiger partial charge in [-0.15, -0.1) is 0 Å². The van der Waals surface area contributed by atoms with Gasteiger partial charge in [-0.3, -0.25) is 4.79 Å². The topological polar surface area (TPSA) is 65.0 Å². The first kappa shape index (κ1) is 22.9. The lowest BCUT2D eigenvalue weighted by Crippen LogP contribution is -2.63. The van der Waals surface area contributed by atoms with Crippen LogP contribution >= 0.6 is 15.9 Å². The van der Waals surface area contributed by atoms with E-state index in [2.05, 4.69) is 43.6 Å². The summed E-state index contributed by atoms with van der Waals surface area (Å²) in [5.41, 5.74) is 1.95. The van der Waals surface area contributed by atoms with Crippen molar-refractivity contribution in [3.8, 4) is 11.5 Å². The maximum Gasteiger partial charge on any atom is 0.307 e. The van der Waals surface area contributed by atoms with Crippen LogP contribution in [0.3, 0.4) is 0 Å². The second-order valence-corrected chi connectivity index (χ2v) is 11.9. The molecule has 1 aliphatic heterocycles. The monoisotopic (exact) mass is 494 g/mol. The van der Waals surface area contributed by atoms with Gasteiger partial charge in [0.15, 0.2) is 6.79 Å². The lowest BCUT2D eigenvalue weighted by Gasteiger charge is -2.64. The molecule has 0 spiro atoms. The number of aliphatic carboxylic acids is 1. The van der Waals surface area contributed by atoms with Crippen LogP contribution in [0.25, 0.3) is 0 Å². The van der Waals surface area contributed by atoms with Crippen molar-refractivity contribution >= 4 is 21.9 Å². The molecule has 2 saturated carbocycles. The van der Waals surface area contributed by atoms with Crippen molar-refractivity contribution in [2.24, 2.45) is 22.7 Å². The summed E-state index contributed by atoms with van der Waals surface area (Å²) < 4.78 is 17.5. The zero-order valence-corrected chi connectivity index (χ0v) is 20.9. The first-order chi connectivity index (χ1) is 14.5. The second-order valence-electron chi connectivity index (χ2n) is 10.8. The molecule has 6 heteroatoms. The highest BCUT2D eigenvalue weighted by Gasteiger charge is 2.62. The molecule has 5 atom stereocenters. The minimum atomic E-state index is -0.885. The summed E-state index contributed by atoms with van der Waals surface area (Å²) in [4.78, 5) is 12.0. The summed E-state index contributed by atoms with van der Waals surface area (Å²) in [7, 11) is 1.56. The minimum Gasteiger partial charge on any atom is -0.487 e. The molecular formula is C25H35BrO5. The number of halogens is 1. The molecule has 1 aromatic carbocycles. The molecule has 2 aliphatic carbocycles. The molecule has 2 fully saturated rings. The maximum atomic E-state index is 11.4. The number of ether oxygens (including phenoxy) is 3. The molecule has 0 unspecified atom stereocenters. The fourth-order valence-corrected chi connectivity index (χ4v) is 7.52. The number of methoxy groups -OCH3 is 1. The third-order valence-electron chi connectivity index (χ3n) is 8.59. The predicted molar refractivity (Wildman–Crippen MR) is 123 cm³/mol. The first-order valence-electron chi connectivity index (χ1n) is 11.3. The average molecular weight is 495 g/mol. The van der Waals surface area contributed by atoms with Crippen LogP contribution < -0.4 is 9.47 Å². The van der Waals surface area contributed by atoms with E-state index in [0.29, 0.717) is 28.0 Å². The van der Waals surface area contributed by atoms with Gasteiger partial charge >= 0.3 is 5.97 Å². The van der Waals surface area contributed by atoms with E-state index in [-0.39, 0.29) is 29.6 Å². The van der Waals surface area contributed by atoms with Crippen LogP contribution in [0.2, 0.25) is 0 Å². The molecule has 5 nitrogen and oxygen atoms in total. The van der Waals surface area contributed by atoms with E-state index in [1.807, 2.05) is 12.1 Å². The summed E-state index contributed by atoms with van der Waals surface area (Å²) >= 11 is 3.98. The molecule has 1 N–H and O–H groups in total. The number of hydrogen-bond acceptors (Lipinski definition) is 4. The Kier molecular flexibility index (Phi) is 5.87. The van der Waals surface area contributed by atoms with Crippen molar-refractivity contribution in [1.82, 2.24) is 0 Å². The third kappa shape index (κ3) is 3.78. The largest absolute Gasteiger partial charge is 0.487 e. The summed E-state index contributed by atoms with van der Waals surface area (Å²) in [6, 6.07) is 3.87. The van der Waals surface area contributed by atoms with Crippen molar-refractivity contribution < 1.29 is 24.1 Å². The van der Waals surface area contributed by atoms with Gasteiger partial charge in [0.2, 0.25) is 0 Å². The van der Waals surface area contributed by atoms with E-state index in [1.54, 1.807) is 7.11 Å². The van der Waals surface area contributed by atoms with Gasteiger partial charge in [0.1, 0.15) is 17.1 Å². The smallest absolute Gasteiger partial charge is 0.307 e. The van der Waals surface area contributed by atoms with Gasteiger partial charge in [-0.1, -0.05) is 36.7 Å². The number of alkyl halides is 1. The highest BCUT2D eigenvalue weighted by Crippen LogP contribution is 2.65.